The number of aromatic nitrogens is 2. The van der Waals surface area contributed by atoms with Crippen molar-refractivity contribution in [1.82, 2.24) is 9.97 Å². The second-order valence-electron chi connectivity index (χ2n) is 2.68. The molecule has 0 unspecified atom stereocenters. The molecule has 1 aromatic heterocycles. The standard InChI is InChI=1S/C10H10N2O/c1-2-13-7-10-11-8-5-3-4-6-9(8)12-10/h2-6H,1,7H2,(H,11,12). The zero-order valence-electron chi connectivity index (χ0n) is 7.16. The van der Waals surface area contributed by atoms with E-state index >= 15 is 0 Å². The lowest BCUT2D eigenvalue weighted by Gasteiger charge is -1.93. The molecule has 2 rings (SSSR count). The average molecular weight is 174 g/mol. The monoisotopic (exact) mass is 174 g/mol. The largest absolute Gasteiger partial charge is 0.494 e. The van der Waals surface area contributed by atoms with Crippen LogP contribution in [0.1, 0.15) is 5.82 Å². The van der Waals surface area contributed by atoms with Crippen molar-refractivity contribution in [1.29, 1.82) is 0 Å². The van der Waals surface area contributed by atoms with E-state index in [0.29, 0.717) is 6.61 Å². The molecule has 0 bridgehead atoms. The first-order chi connectivity index (χ1) is 6.40. The van der Waals surface area contributed by atoms with Crippen LogP contribution in [-0.4, -0.2) is 9.97 Å². The van der Waals surface area contributed by atoms with Gasteiger partial charge in [-0.1, -0.05) is 18.7 Å². The predicted octanol–water partition coefficient (Wildman–Crippen LogP) is 2.22. The molecule has 2 aromatic rings. The number of hydrogen-bond donors (Lipinski definition) is 1. The maximum Gasteiger partial charge on any atom is 0.145 e. The number of para-hydroxylation sites is 2. The summed E-state index contributed by atoms with van der Waals surface area (Å²) in [5.41, 5.74) is 2.00. The van der Waals surface area contributed by atoms with Gasteiger partial charge in [0, 0.05) is 0 Å². The predicted molar refractivity (Wildman–Crippen MR) is 51.1 cm³/mol. The molecule has 0 amide bonds. The second-order valence-corrected chi connectivity index (χ2v) is 2.68. The Balaban J connectivity index is 2.32. The Morgan fingerprint density at radius 2 is 2.31 bits per heavy atom. The number of fused-ring (bicyclic) bond motifs is 1. The molecule has 1 aromatic carbocycles. The van der Waals surface area contributed by atoms with E-state index in [0.717, 1.165) is 16.9 Å². The molecule has 0 aliphatic rings. The molecule has 0 atom stereocenters. The fourth-order valence-corrected chi connectivity index (χ4v) is 1.21. The molecule has 0 saturated heterocycles. The fraction of sp³-hybridized carbons (Fsp3) is 0.100. The lowest BCUT2D eigenvalue weighted by atomic mass is 10.3. The van der Waals surface area contributed by atoms with Crippen LogP contribution in [0.15, 0.2) is 37.1 Å². The molecule has 0 spiro atoms. The van der Waals surface area contributed by atoms with E-state index in [-0.39, 0.29) is 0 Å². The van der Waals surface area contributed by atoms with Crippen LogP contribution < -0.4 is 0 Å². The third-order valence-corrected chi connectivity index (χ3v) is 1.78. The Labute approximate surface area is 76.1 Å². The van der Waals surface area contributed by atoms with Crippen LogP contribution in [0.2, 0.25) is 0 Å². The van der Waals surface area contributed by atoms with E-state index in [1.807, 2.05) is 24.3 Å². The summed E-state index contributed by atoms with van der Waals surface area (Å²) in [4.78, 5) is 7.47. The maximum absolute atomic E-state index is 5.02. The van der Waals surface area contributed by atoms with Crippen molar-refractivity contribution < 1.29 is 4.74 Å². The molecule has 13 heavy (non-hydrogen) atoms. The summed E-state index contributed by atoms with van der Waals surface area (Å²) in [5.74, 6) is 0.820. The molecule has 66 valence electrons. The maximum atomic E-state index is 5.02. The lowest BCUT2D eigenvalue weighted by molar-refractivity contribution is 0.230. The topological polar surface area (TPSA) is 37.9 Å². The van der Waals surface area contributed by atoms with E-state index < -0.39 is 0 Å². The number of ether oxygens (including phenoxy) is 1. The van der Waals surface area contributed by atoms with Crippen molar-refractivity contribution in [2.24, 2.45) is 0 Å². The first-order valence-corrected chi connectivity index (χ1v) is 4.06. The summed E-state index contributed by atoms with van der Waals surface area (Å²) in [6.07, 6.45) is 1.41. The van der Waals surface area contributed by atoms with Crippen LogP contribution >= 0.6 is 0 Å². The van der Waals surface area contributed by atoms with Crippen LogP contribution in [0.25, 0.3) is 11.0 Å². The lowest BCUT2D eigenvalue weighted by Crippen LogP contribution is -1.87. The summed E-state index contributed by atoms with van der Waals surface area (Å²) in [7, 11) is 0. The number of aromatic amines is 1. The van der Waals surface area contributed by atoms with E-state index in [1.54, 1.807) is 0 Å². The molecule has 0 fully saturated rings. The Kier molecular flexibility index (Phi) is 2.00. The van der Waals surface area contributed by atoms with Crippen molar-refractivity contribution in [3.63, 3.8) is 0 Å². The Hall–Kier alpha value is -1.77. The highest BCUT2D eigenvalue weighted by Crippen LogP contribution is 2.10. The smallest absolute Gasteiger partial charge is 0.145 e. The fourth-order valence-electron chi connectivity index (χ4n) is 1.21. The molecule has 1 heterocycles. The van der Waals surface area contributed by atoms with Gasteiger partial charge < -0.3 is 9.72 Å². The highest BCUT2D eigenvalue weighted by Gasteiger charge is 1.99. The molecule has 0 radical (unpaired) electrons. The minimum absolute atomic E-state index is 0.443. The summed E-state index contributed by atoms with van der Waals surface area (Å²) in [5, 5.41) is 0. The van der Waals surface area contributed by atoms with Crippen LogP contribution in [0.4, 0.5) is 0 Å². The Morgan fingerprint density at radius 3 is 3.08 bits per heavy atom. The zero-order valence-corrected chi connectivity index (χ0v) is 7.16. The summed E-state index contributed by atoms with van der Waals surface area (Å²) in [6.45, 7) is 3.91. The summed E-state index contributed by atoms with van der Waals surface area (Å²) < 4.78 is 5.02. The van der Waals surface area contributed by atoms with Gasteiger partial charge in [-0.25, -0.2) is 4.98 Å². The summed E-state index contributed by atoms with van der Waals surface area (Å²) >= 11 is 0. The van der Waals surface area contributed by atoms with Crippen molar-refractivity contribution in [2.75, 3.05) is 0 Å². The number of H-pyrrole nitrogens is 1. The van der Waals surface area contributed by atoms with Gasteiger partial charge >= 0.3 is 0 Å². The number of hydrogen-bond acceptors (Lipinski definition) is 2. The minimum atomic E-state index is 0.443. The van der Waals surface area contributed by atoms with Gasteiger partial charge in [-0.3, -0.25) is 0 Å². The van der Waals surface area contributed by atoms with Gasteiger partial charge in [0.2, 0.25) is 0 Å². The molecule has 1 N–H and O–H groups in total. The number of nitrogens with zero attached hydrogens (tertiary/aromatic N) is 1. The van der Waals surface area contributed by atoms with Gasteiger partial charge in [0.15, 0.2) is 0 Å². The summed E-state index contributed by atoms with van der Waals surface area (Å²) in [6, 6.07) is 7.88. The molecule has 3 nitrogen and oxygen atoms in total. The quantitative estimate of drug-likeness (QED) is 0.724. The van der Waals surface area contributed by atoms with E-state index in [4.69, 9.17) is 4.74 Å². The Morgan fingerprint density at radius 1 is 1.46 bits per heavy atom. The molecule has 0 aliphatic carbocycles. The molecule has 0 saturated carbocycles. The highest BCUT2D eigenvalue weighted by atomic mass is 16.5. The van der Waals surface area contributed by atoms with Gasteiger partial charge in [0.05, 0.1) is 17.3 Å². The number of imidazole rings is 1. The highest BCUT2D eigenvalue weighted by molar-refractivity contribution is 5.74. The second kappa shape index (κ2) is 3.31. The van der Waals surface area contributed by atoms with Crippen LogP contribution in [0, 0.1) is 0 Å². The van der Waals surface area contributed by atoms with Crippen molar-refractivity contribution in [2.45, 2.75) is 6.61 Å². The van der Waals surface area contributed by atoms with Gasteiger partial charge in [-0.05, 0) is 12.1 Å². The van der Waals surface area contributed by atoms with Crippen LogP contribution in [0.5, 0.6) is 0 Å². The third-order valence-electron chi connectivity index (χ3n) is 1.78. The number of rotatable bonds is 3. The van der Waals surface area contributed by atoms with Gasteiger partial charge in [-0.2, -0.15) is 0 Å². The van der Waals surface area contributed by atoms with E-state index in [9.17, 15) is 0 Å². The molecule has 0 aliphatic heterocycles. The van der Waals surface area contributed by atoms with E-state index in [2.05, 4.69) is 16.5 Å². The van der Waals surface area contributed by atoms with Crippen LogP contribution in [-0.2, 0) is 11.3 Å². The van der Waals surface area contributed by atoms with Gasteiger partial charge in [0.1, 0.15) is 12.4 Å². The normalized spacial score (nSPS) is 10.2. The van der Waals surface area contributed by atoms with E-state index in [1.165, 1.54) is 6.26 Å². The molecule has 3 heteroatoms. The third kappa shape index (κ3) is 1.54. The average Bonchev–Trinajstić information content (AvgIpc) is 2.57. The zero-order chi connectivity index (χ0) is 9.10. The van der Waals surface area contributed by atoms with Crippen LogP contribution in [0.3, 0.4) is 0 Å². The van der Waals surface area contributed by atoms with Crippen molar-refractivity contribution in [3.8, 4) is 0 Å². The number of benzene rings is 1. The van der Waals surface area contributed by atoms with Gasteiger partial charge in [0.25, 0.3) is 0 Å². The minimum Gasteiger partial charge on any atom is -0.494 e. The molecular weight excluding hydrogens is 164 g/mol. The SMILES string of the molecule is C=COCc1nc2ccccc2[nH]1. The first-order valence-electron chi connectivity index (χ1n) is 4.06. The first kappa shape index (κ1) is 7.86. The number of nitrogens with one attached hydrogen (secondary N) is 1. The molecular formula is C10H10N2O. The Bertz CT molecular complexity index is 387. The van der Waals surface area contributed by atoms with Crippen molar-refractivity contribution in [3.05, 3.63) is 42.9 Å². The van der Waals surface area contributed by atoms with Gasteiger partial charge in [-0.15, -0.1) is 0 Å². The van der Waals surface area contributed by atoms with Crippen molar-refractivity contribution >= 4 is 11.0 Å².